The summed E-state index contributed by atoms with van der Waals surface area (Å²) in [6, 6.07) is 12.3. The van der Waals surface area contributed by atoms with E-state index in [0.29, 0.717) is 11.3 Å². The molecule has 3 rings (SSSR count). The van der Waals surface area contributed by atoms with Crippen LogP contribution in [0.1, 0.15) is 5.56 Å². The van der Waals surface area contributed by atoms with Gasteiger partial charge in [0, 0.05) is 11.6 Å². The maximum Gasteiger partial charge on any atom is 0.178 e. The van der Waals surface area contributed by atoms with E-state index in [1.807, 2.05) is 28.8 Å². The van der Waals surface area contributed by atoms with Gasteiger partial charge in [-0.3, -0.25) is 0 Å². The summed E-state index contributed by atoms with van der Waals surface area (Å²) < 4.78 is 15.9. The normalized spacial score (nSPS) is 11.1. The van der Waals surface area contributed by atoms with E-state index in [-0.39, 0.29) is 5.82 Å². The maximum atomic E-state index is 13.4. The smallest absolute Gasteiger partial charge is 0.178 e. The number of fused-ring (bicyclic) bond motifs is 1. The number of rotatable bonds is 3. The van der Waals surface area contributed by atoms with E-state index in [4.69, 9.17) is 23.8 Å². The van der Waals surface area contributed by atoms with Gasteiger partial charge in [-0.05, 0) is 54.5 Å². The molecular formula is C15H12ClFN2S. The number of aromatic amines is 1. The van der Waals surface area contributed by atoms with Crippen LogP contribution in [0, 0.1) is 10.6 Å². The molecule has 0 aliphatic rings. The highest BCUT2D eigenvalue weighted by molar-refractivity contribution is 7.71. The molecule has 1 aromatic heterocycles. The molecule has 0 radical (unpaired) electrons. The third-order valence-corrected chi connectivity index (χ3v) is 3.85. The summed E-state index contributed by atoms with van der Waals surface area (Å²) in [5.41, 5.74) is 2.82. The standard InChI is InChI=1S/C15H12ClFN2S/c16-11-3-1-10(2-4-11)7-8-19-14-9-12(17)5-6-13(14)18-15(19)20/h1-6,9H,7-8H2,(H,18,20). The van der Waals surface area contributed by atoms with Crippen LogP contribution in [0.2, 0.25) is 5.02 Å². The number of imidazole rings is 1. The first kappa shape index (κ1) is 13.3. The van der Waals surface area contributed by atoms with E-state index in [2.05, 4.69) is 4.98 Å². The van der Waals surface area contributed by atoms with Crippen molar-refractivity contribution in [3.8, 4) is 0 Å². The average Bonchev–Trinajstić information content (AvgIpc) is 2.73. The first-order valence-corrected chi connectivity index (χ1v) is 7.04. The predicted octanol–water partition coefficient (Wildman–Crippen LogP) is 4.73. The largest absolute Gasteiger partial charge is 0.331 e. The van der Waals surface area contributed by atoms with E-state index in [9.17, 15) is 4.39 Å². The molecule has 0 bridgehead atoms. The second-order valence-electron chi connectivity index (χ2n) is 4.62. The molecular weight excluding hydrogens is 295 g/mol. The molecule has 3 aromatic rings. The minimum atomic E-state index is -0.258. The Balaban J connectivity index is 1.90. The van der Waals surface area contributed by atoms with Gasteiger partial charge in [0.1, 0.15) is 5.82 Å². The summed E-state index contributed by atoms with van der Waals surface area (Å²) in [6.45, 7) is 0.698. The Labute approximate surface area is 125 Å². The van der Waals surface area contributed by atoms with Crippen molar-refractivity contribution >= 4 is 34.9 Å². The Bertz CT molecular complexity index is 805. The van der Waals surface area contributed by atoms with Gasteiger partial charge < -0.3 is 9.55 Å². The van der Waals surface area contributed by atoms with E-state index >= 15 is 0 Å². The van der Waals surface area contributed by atoms with Crippen LogP contribution in [0.25, 0.3) is 11.0 Å². The Morgan fingerprint density at radius 3 is 2.65 bits per heavy atom. The van der Waals surface area contributed by atoms with Crippen LogP contribution in [0.3, 0.4) is 0 Å². The summed E-state index contributed by atoms with van der Waals surface area (Å²) in [4.78, 5) is 3.09. The number of benzene rings is 2. The zero-order valence-corrected chi connectivity index (χ0v) is 12.1. The third-order valence-electron chi connectivity index (χ3n) is 3.27. The van der Waals surface area contributed by atoms with Gasteiger partial charge in [0.05, 0.1) is 11.0 Å². The molecule has 0 fully saturated rings. The number of aromatic nitrogens is 2. The van der Waals surface area contributed by atoms with Crippen LogP contribution in [0.4, 0.5) is 4.39 Å². The van der Waals surface area contributed by atoms with Crippen molar-refractivity contribution in [2.24, 2.45) is 0 Å². The predicted molar refractivity (Wildman–Crippen MR) is 82.2 cm³/mol. The van der Waals surface area contributed by atoms with Gasteiger partial charge in [-0.25, -0.2) is 4.39 Å². The van der Waals surface area contributed by atoms with Crippen LogP contribution in [0.5, 0.6) is 0 Å². The van der Waals surface area contributed by atoms with Gasteiger partial charge in [0.15, 0.2) is 4.77 Å². The van der Waals surface area contributed by atoms with Crippen LogP contribution in [0.15, 0.2) is 42.5 Å². The highest BCUT2D eigenvalue weighted by atomic mass is 35.5. The molecule has 0 aliphatic carbocycles. The first-order valence-electron chi connectivity index (χ1n) is 6.26. The third kappa shape index (κ3) is 2.62. The van der Waals surface area contributed by atoms with Crippen molar-refractivity contribution in [2.75, 3.05) is 0 Å². The lowest BCUT2D eigenvalue weighted by molar-refractivity contribution is 0.627. The van der Waals surface area contributed by atoms with Crippen LogP contribution in [-0.4, -0.2) is 9.55 Å². The van der Waals surface area contributed by atoms with Crippen molar-refractivity contribution in [3.05, 3.63) is 63.6 Å². The Morgan fingerprint density at radius 1 is 1.15 bits per heavy atom. The molecule has 2 nitrogen and oxygen atoms in total. The zero-order chi connectivity index (χ0) is 14.1. The van der Waals surface area contributed by atoms with E-state index in [1.54, 1.807) is 6.07 Å². The highest BCUT2D eigenvalue weighted by Crippen LogP contribution is 2.17. The number of halogens is 2. The zero-order valence-electron chi connectivity index (χ0n) is 10.6. The molecule has 0 amide bonds. The second kappa shape index (κ2) is 5.38. The minimum absolute atomic E-state index is 0.258. The molecule has 0 spiro atoms. The van der Waals surface area contributed by atoms with E-state index in [1.165, 1.54) is 17.7 Å². The Hall–Kier alpha value is -1.65. The number of nitrogens with one attached hydrogen (secondary N) is 1. The summed E-state index contributed by atoms with van der Waals surface area (Å²) >= 11 is 11.2. The van der Waals surface area contributed by atoms with Crippen molar-refractivity contribution in [1.82, 2.24) is 9.55 Å². The number of hydrogen-bond donors (Lipinski definition) is 1. The average molecular weight is 307 g/mol. The van der Waals surface area contributed by atoms with Gasteiger partial charge in [0.25, 0.3) is 0 Å². The fourth-order valence-electron chi connectivity index (χ4n) is 2.24. The molecule has 102 valence electrons. The van der Waals surface area contributed by atoms with E-state index < -0.39 is 0 Å². The van der Waals surface area contributed by atoms with Gasteiger partial charge >= 0.3 is 0 Å². The molecule has 0 saturated carbocycles. The Kier molecular flexibility index (Phi) is 3.59. The lowest BCUT2D eigenvalue weighted by atomic mass is 10.1. The maximum absolute atomic E-state index is 13.4. The lowest BCUT2D eigenvalue weighted by Crippen LogP contribution is -2.01. The summed E-state index contributed by atoms with van der Waals surface area (Å²) in [7, 11) is 0. The Morgan fingerprint density at radius 2 is 1.90 bits per heavy atom. The van der Waals surface area contributed by atoms with Gasteiger partial charge in [-0.2, -0.15) is 0 Å². The molecule has 0 unspecified atom stereocenters. The van der Waals surface area contributed by atoms with Crippen molar-refractivity contribution < 1.29 is 4.39 Å². The van der Waals surface area contributed by atoms with Gasteiger partial charge in [-0.1, -0.05) is 23.7 Å². The van der Waals surface area contributed by atoms with Gasteiger partial charge in [-0.15, -0.1) is 0 Å². The quantitative estimate of drug-likeness (QED) is 0.694. The van der Waals surface area contributed by atoms with Crippen molar-refractivity contribution in [1.29, 1.82) is 0 Å². The molecule has 1 N–H and O–H groups in total. The molecule has 5 heteroatoms. The topological polar surface area (TPSA) is 20.7 Å². The van der Waals surface area contributed by atoms with E-state index in [0.717, 1.165) is 22.5 Å². The molecule has 1 heterocycles. The van der Waals surface area contributed by atoms with Crippen LogP contribution in [-0.2, 0) is 13.0 Å². The molecule has 0 saturated heterocycles. The van der Waals surface area contributed by atoms with Crippen LogP contribution < -0.4 is 0 Å². The highest BCUT2D eigenvalue weighted by Gasteiger charge is 2.05. The molecule has 20 heavy (non-hydrogen) atoms. The SMILES string of the molecule is Fc1ccc2[nH]c(=S)n(CCc3ccc(Cl)cc3)c2c1. The number of H-pyrrole nitrogens is 1. The summed E-state index contributed by atoms with van der Waals surface area (Å²) in [5.74, 6) is -0.258. The minimum Gasteiger partial charge on any atom is -0.331 e. The number of hydrogen-bond acceptors (Lipinski definition) is 1. The molecule has 0 aliphatic heterocycles. The summed E-state index contributed by atoms with van der Waals surface area (Å²) in [6.07, 6.45) is 0.814. The number of aryl methyl sites for hydroxylation is 2. The van der Waals surface area contributed by atoms with Crippen LogP contribution >= 0.6 is 23.8 Å². The monoisotopic (exact) mass is 306 g/mol. The first-order chi connectivity index (χ1) is 9.63. The van der Waals surface area contributed by atoms with Crippen molar-refractivity contribution in [3.63, 3.8) is 0 Å². The fourth-order valence-corrected chi connectivity index (χ4v) is 2.67. The fraction of sp³-hybridized carbons (Fsp3) is 0.133. The number of nitrogens with zero attached hydrogens (tertiary/aromatic N) is 1. The summed E-state index contributed by atoms with van der Waals surface area (Å²) in [5, 5.41) is 0.722. The second-order valence-corrected chi connectivity index (χ2v) is 5.44. The lowest BCUT2D eigenvalue weighted by Gasteiger charge is -2.05. The molecule has 2 aromatic carbocycles. The van der Waals surface area contributed by atoms with Crippen molar-refractivity contribution in [2.45, 2.75) is 13.0 Å². The molecule has 0 atom stereocenters. The van der Waals surface area contributed by atoms with Gasteiger partial charge in [0.2, 0.25) is 0 Å².